The van der Waals surface area contributed by atoms with Gasteiger partial charge in [-0.2, -0.15) is 13.2 Å². The van der Waals surface area contributed by atoms with Crippen LogP contribution in [0.15, 0.2) is 12.4 Å². The Balaban J connectivity index is 0.00000225. The number of nitrogens with two attached hydrogens (primary N) is 1. The van der Waals surface area contributed by atoms with E-state index in [9.17, 15) is 18.3 Å². The molecule has 1 saturated carbocycles. The number of aliphatic hydroxyl groups is 1. The van der Waals surface area contributed by atoms with Crippen molar-refractivity contribution in [2.24, 2.45) is 5.73 Å². The molecule has 2 heterocycles. The van der Waals surface area contributed by atoms with Crippen LogP contribution < -0.4 is 10.6 Å². The Morgan fingerprint density at radius 3 is 2.68 bits per heavy atom. The molecule has 0 saturated heterocycles. The number of hydrogen-bond donors (Lipinski definition) is 2. The van der Waals surface area contributed by atoms with E-state index in [4.69, 9.17) is 5.73 Å². The Hall–Kier alpha value is -1.16. The van der Waals surface area contributed by atoms with E-state index in [1.165, 1.54) is 12.4 Å². The quantitative estimate of drug-likeness (QED) is 0.812. The molecule has 0 unspecified atom stereocenters. The maximum Gasteiger partial charge on any atom is 0.393 e. The minimum Gasteiger partial charge on any atom is -0.395 e. The molecule has 1 fully saturated rings. The number of thiophene rings is 1. The highest BCUT2D eigenvalue weighted by Crippen LogP contribution is 2.36. The van der Waals surface area contributed by atoms with Crippen LogP contribution in [0.1, 0.15) is 24.1 Å². The van der Waals surface area contributed by atoms with Crippen molar-refractivity contribution in [3.63, 3.8) is 0 Å². The van der Waals surface area contributed by atoms with Crippen LogP contribution in [0.3, 0.4) is 0 Å². The average Bonchev–Trinajstić information content (AvgIpc) is 3.08. The summed E-state index contributed by atoms with van der Waals surface area (Å²) in [6, 6.07) is 1.76. The van der Waals surface area contributed by atoms with Crippen molar-refractivity contribution in [1.29, 1.82) is 0 Å². The molecule has 0 amide bonds. The van der Waals surface area contributed by atoms with Gasteiger partial charge in [0.05, 0.1) is 18.4 Å². The third kappa shape index (κ3) is 4.72. The molecule has 0 aliphatic heterocycles. The molecule has 0 aromatic carbocycles. The summed E-state index contributed by atoms with van der Waals surface area (Å²) in [5.41, 5.74) is 5.98. The van der Waals surface area contributed by atoms with Gasteiger partial charge >= 0.3 is 6.18 Å². The van der Waals surface area contributed by atoms with E-state index in [0.717, 1.165) is 30.6 Å². The minimum absolute atomic E-state index is 0. The molecule has 0 spiro atoms. The van der Waals surface area contributed by atoms with E-state index in [1.54, 1.807) is 0 Å². The first-order chi connectivity index (χ1) is 11.4. The largest absolute Gasteiger partial charge is 0.395 e. The number of alkyl halides is 3. The van der Waals surface area contributed by atoms with Crippen molar-refractivity contribution in [2.45, 2.75) is 43.9 Å². The maximum absolute atomic E-state index is 12.7. The second-order valence-electron chi connectivity index (χ2n) is 6.06. The lowest BCUT2D eigenvalue weighted by Crippen LogP contribution is -2.37. The summed E-state index contributed by atoms with van der Waals surface area (Å²) in [7, 11) is 0. The van der Waals surface area contributed by atoms with E-state index >= 15 is 0 Å². The number of rotatable bonds is 5. The summed E-state index contributed by atoms with van der Waals surface area (Å²) in [5, 5.41) is 10.00. The topological polar surface area (TPSA) is 75.3 Å². The lowest BCUT2D eigenvalue weighted by Gasteiger charge is -2.30. The van der Waals surface area contributed by atoms with Crippen LogP contribution in [0.25, 0.3) is 10.2 Å². The summed E-state index contributed by atoms with van der Waals surface area (Å²) >= 11 is 1.03. The molecule has 1 aliphatic rings. The zero-order valence-electron chi connectivity index (χ0n) is 13.4. The zero-order chi connectivity index (χ0) is 17.3. The van der Waals surface area contributed by atoms with Crippen molar-refractivity contribution in [3.8, 4) is 0 Å². The molecular weight excluding hydrogens is 377 g/mol. The minimum atomic E-state index is -4.25. The molecule has 25 heavy (non-hydrogen) atoms. The molecule has 5 nitrogen and oxygen atoms in total. The first-order valence-electron chi connectivity index (χ1n) is 7.80. The molecule has 10 heteroatoms. The summed E-state index contributed by atoms with van der Waals surface area (Å²) in [5.74, 6) is 0.581. The lowest BCUT2D eigenvalue weighted by atomic mass is 10.2. The summed E-state index contributed by atoms with van der Waals surface area (Å²) in [6.07, 6.45) is -1.30. The van der Waals surface area contributed by atoms with Crippen molar-refractivity contribution in [2.75, 3.05) is 18.1 Å². The Morgan fingerprint density at radius 2 is 2.08 bits per heavy atom. The van der Waals surface area contributed by atoms with Crippen LogP contribution in [0.4, 0.5) is 19.0 Å². The van der Waals surface area contributed by atoms with Crippen LogP contribution in [0, 0.1) is 0 Å². The van der Waals surface area contributed by atoms with Crippen LogP contribution in [0.5, 0.6) is 0 Å². The molecule has 0 radical (unpaired) electrons. The smallest absolute Gasteiger partial charge is 0.393 e. The number of halogens is 4. The number of hydrogen-bond acceptors (Lipinski definition) is 6. The Morgan fingerprint density at radius 1 is 1.32 bits per heavy atom. The molecule has 2 aromatic rings. The van der Waals surface area contributed by atoms with Crippen LogP contribution in [0.2, 0.25) is 0 Å². The second kappa shape index (κ2) is 8.03. The molecule has 3 rings (SSSR count). The van der Waals surface area contributed by atoms with Gasteiger partial charge in [-0.1, -0.05) is 0 Å². The first kappa shape index (κ1) is 20.2. The molecule has 3 N–H and O–H groups in total. The van der Waals surface area contributed by atoms with Crippen LogP contribution >= 0.6 is 23.7 Å². The number of aromatic nitrogens is 2. The van der Waals surface area contributed by atoms with Gasteiger partial charge in [-0.3, -0.25) is 0 Å². The highest BCUT2D eigenvalue weighted by molar-refractivity contribution is 7.18. The lowest BCUT2D eigenvalue weighted by molar-refractivity contribution is -0.126. The average molecular weight is 397 g/mol. The molecule has 2 atom stereocenters. The van der Waals surface area contributed by atoms with Gasteiger partial charge in [0, 0.05) is 23.5 Å². The summed E-state index contributed by atoms with van der Waals surface area (Å²) in [6.45, 7) is 0.310. The maximum atomic E-state index is 12.7. The van der Waals surface area contributed by atoms with E-state index < -0.39 is 12.6 Å². The van der Waals surface area contributed by atoms with Gasteiger partial charge in [0.15, 0.2) is 0 Å². The molecule has 2 aromatic heterocycles. The predicted octanol–water partition coefficient (Wildman–Crippen LogP) is 2.90. The van der Waals surface area contributed by atoms with E-state index in [0.29, 0.717) is 22.6 Å². The second-order valence-corrected chi connectivity index (χ2v) is 7.18. The number of fused-ring (bicyclic) bond motifs is 1. The van der Waals surface area contributed by atoms with Gasteiger partial charge in [0.1, 0.15) is 17.0 Å². The highest BCUT2D eigenvalue weighted by atomic mass is 35.5. The highest BCUT2D eigenvalue weighted by Gasteiger charge is 2.31. The Kier molecular flexibility index (Phi) is 6.47. The standard InChI is InChI=1S/C15H19F3N4OS.ClH/c16-15(17,18)7-11-6-12-13(20-8-21-14(12)24-11)22(3-4-23)10-2-1-9(19)5-10;/h6,8-10,23H,1-5,7,19H2;1H/t9-,10+;/m0./s1. The van der Waals surface area contributed by atoms with Gasteiger partial charge in [-0.25, -0.2) is 9.97 Å². The number of aliphatic hydroxyl groups excluding tert-OH is 1. The monoisotopic (exact) mass is 396 g/mol. The van der Waals surface area contributed by atoms with Gasteiger partial charge in [-0.05, 0) is 25.3 Å². The van der Waals surface area contributed by atoms with Gasteiger partial charge in [-0.15, -0.1) is 23.7 Å². The Bertz CT molecular complexity index is 712. The fourth-order valence-electron chi connectivity index (χ4n) is 3.25. The SMILES string of the molecule is Cl.N[C@H]1CC[C@@H](N(CCO)c2ncnc3sc(CC(F)(F)F)cc23)C1. The van der Waals surface area contributed by atoms with Crippen LogP contribution in [-0.4, -0.2) is 46.5 Å². The van der Waals surface area contributed by atoms with Crippen molar-refractivity contribution in [1.82, 2.24) is 9.97 Å². The molecule has 0 bridgehead atoms. The normalized spacial score (nSPS) is 20.7. The van der Waals surface area contributed by atoms with Crippen molar-refractivity contribution < 1.29 is 18.3 Å². The van der Waals surface area contributed by atoms with Crippen molar-refractivity contribution >= 4 is 39.8 Å². The first-order valence-corrected chi connectivity index (χ1v) is 8.62. The van der Waals surface area contributed by atoms with Crippen LogP contribution in [-0.2, 0) is 6.42 Å². The summed E-state index contributed by atoms with van der Waals surface area (Å²) < 4.78 is 38.0. The zero-order valence-corrected chi connectivity index (χ0v) is 15.0. The molecule has 140 valence electrons. The van der Waals surface area contributed by atoms with Gasteiger partial charge in [0.25, 0.3) is 0 Å². The van der Waals surface area contributed by atoms with Gasteiger partial charge in [0.2, 0.25) is 0 Å². The number of nitrogens with zero attached hydrogens (tertiary/aromatic N) is 3. The summed E-state index contributed by atoms with van der Waals surface area (Å²) in [4.78, 5) is 11.1. The fraction of sp³-hybridized carbons (Fsp3) is 0.600. The molecular formula is C15H20ClF3N4OS. The molecule has 1 aliphatic carbocycles. The van der Waals surface area contributed by atoms with E-state index in [1.807, 2.05) is 4.90 Å². The third-order valence-corrected chi connectivity index (χ3v) is 5.28. The Labute approximate surface area is 153 Å². The third-order valence-electron chi connectivity index (χ3n) is 4.23. The van der Waals surface area contributed by atoms with E-state index in [-0.39, 0.29) is 36.0 Å². The van der Waals surface area contributed by atoms with Gasteiger partial charge < -0.3 is 15.7 Å². The number of anilines is 1. The predicted molar refractivity (Wildman–Crippen MR) is 94.5 cm³/mol. The van der Waals surface area contributed by atoms with E-state index in [2.05, 4.69) is 9.97 Å². The fourth-order valence-corrected chi connectivity index (χ4v) is 4.27. The van der Waals surface area contributed by atoms with Crippen molar-refractivity contribution in [3.05, 3.63) is 17.3 Å².